The molecule has 21 heavy (non-hydrogen) atoms. The number of carboxylic acid groups (broad SMARTS) is 1. The van der Waals surface area contributed by atoms with E-state index in [0.29, 0.717) is 16.9 Å². The van der Waals surface area contributed by atoms with Gasteiger partial charge in [-0.15, -0.1) is 0 Å². The lowest BCUT2D eigenvalue weighted by Crippen LogP contribution is -2.35. The summed E-state index contributed by atoms with van der Waals surface area (Å²) in [6.45, 7) is 2.16. The number of carbonyl (C=O) groups is 2. The molecule has 0 saturated heterocycles. The van der Waals surface area contributed by atoms with Crippen LogP contribution >= 0.6 is 11.8 Å². The zero-order valence-corrected chi connectivity index (χ0v) is 13.2. The quantitative estimate of drug-likeness (QED) is 0.908. The van der Waals surface area contributed by atoms with Crippen LogP contribution in [-0.4, -0.2) is 46.0 Å². The van der Waals surface area contributed by atoms with Crippen molar-refractivity contribution in [3.05, 3.63) is 35.4 Å². The van der Waals surface area contributed by atoms with Crippen molar-refractivity contribution in [2.75, 3.05) is 12.8 Å². The largest absolute Gasteiger partial charge is 0.478 e. The lowest BCUT2D eigenvalue weighted by Gasteiger charge is -2.25. The van der Waals surface area contributed by atoms with E-state index in [1.54, 1.807) is 12.1 Å². The minimum absolute atomic E-state index is 0.0286. The number of hydrogen-bond acceptors (Lipinski definition) is 3. The maximum atomic E-state index is 12.4. The molecule has 0 spiro atoms. The molecule has 2 atom stereocenters. The number of carboxylic acids is 1. The molecule has 0 aliphatic heterocycles. The van der Waals surface area contributed by atoms with E-state index in [2.05, 4.69) is 6.92 Å². The van der Waals surface area contributed by atoms with Gasteiger partial charge in [-0.2, -0.15) is 11.8 Å². The summed E-state index contributed by atoms with van der Waals surface area (Å²) in [5, 5.41) is 9.54. The third kappa shape index (κ3) is 3.79. The van der Waals surface area contributed by atoms with Gasteiger partial charge in [0.05, 0.1) is 5.56 Å². The predicted molar refractivity (Wildman–Crippen MR) is 85.1 cm³/mol. The third-order valence-corrected chi connectivity index (χ3v) is 5.24. The fraction of sp³-hybridized carbons (Fsp3) is 0.500. The highest BCUT2D eigenvalue weighted by atomic mass is 32.2. The molecule has 1 aromatic carbocycles. The van der Waals surface area contributed by atoms with Gasteiger partial charge < -0.3 is 10.0 Å². The van der Waals surface area contributed by atoms with Crippen LogP contribution in [0.1, 0.15) is 46.9 Å². The van der Waals surface area contributed by atoms with Crippen LogP contribution < -0.4 is 0 Å². The smallest absolute Gasteiger partial charge is 0.335 e. The van der Waals surface area contributed by atoms with Gasteiger partial charge in [-0.1, -0.05) is 6.92 Å². The van der Waals surface area contributed by atoms with E-state index < -0.39 is 5.97 Å². The van der Waals surface area contributed by atoms with Crippen molar-refractivity contribution >= 4 is 23.6 Å². The summed E-state index contributed by atoms with van der Waals surface area (Å²) in [5.41, 5.74) is 0.753. The van der Waals surface area contributed by atoms with E-state index in [1.165, 1.54) is 18.6 Å². The number of thioether (sulfide) groups is 1. The van der Waals surface area contributed by atoms with Crippen LogP contribution in [-0.2, 0) is 0 Å². The molecule has 1 saturated carbocycles. The summed E-state index contributed by atoms with van der Waals surface area (Å²) < 4.78 is 0. The van der Waals surface area contributed by atoms with E-state index in [0.717, 1.165) is 18.6 Å². The Morgan fingerprint density at radius 2 is 1.86 bits per heavy atom. The van der Waals surface area contributed by atoms with Gasteiger partial charge in [-0.05, 0) is 49.3 Å². The average Bonchev–Trinajstić information content (AvgIpc) is 2.95. The number of amides is 1. The molecule has 1 amide bonds. The first-order valence-corrected chi connectivity index (χ1v) is 8.30. The molecule has 0 bridgehead atoms. The molecule has 1 aliphatic rings. The Labute approximate surface area is 129 Å². The van der Waals surface area contributed by atoms with E-state index in [9.17, 15) is 9.59 Å². The Morgan fingerprint density at radius 1 is 1.24 bits per heavy atom. The standard InChI is InChI=1S/C16H21NO3S/c1-3-21-14-9-8-13(10-14)17(2)15(18)11-4-6-12(7-5-11)16(19)20/h4-7,13-14H,3,8-10H2,1-2H3,(H,19,20). The van der Waals surface area contributed by atoms with Crippen LogP contribution in [0.4, 0.5) is 0 Å². The molecule has 1 aliphatic carbocycles. The lowest BCUT2D eigenvalue weighted by atomic mass is 10.1. The Hall–Kier alpha value is -1.49. The number of carbonyl (C=O) groups excluding carboxylic acids is 1. The fourth-order valence-electron chi connectivity index (χ4n) is 2.78. The molecule has 1 fully saturated rings. The van der Waals surface area contributed by atoms with Crippen molar-refractivity contribution in [1.29, 1.82) is 0 Å². The van der Waals surface area contributed by atoms with Crippen LogP contribution in [0.15, 0.2) is 24.3 Å². The normalized spacial score (nSPS) is 21.2. The molecule has 5 heteroatoms. The first-order valence-electron chi connectivity index (χ1n) is 7.25. The molecule has 2 rings (SSSR count). The Morgan fingerprint density at radius 3 is 2.43 bits per heavy atom. The van der Waals surface area contributed by atoms with Crippen LogP contribution in [0.3, 0.4) is 0 Å². The molecule has 1 aromatic rings. The zero-order chi connectivity index (χ0) is 15.4. The van der Waals surface area contributed by atoms with Gasteiger partial charge in [0.1, 0.15) is 0 Å². The minimum atomic E-state index is -0.974. The number of hydrogen-bond donors (Lipinski definition) is 1. The first kappa shape index (κ1) is 15.9. The topological polar surface area (TPSA) is 57.6 Å². The minimum Gasteiger partial charge on any atom is -0.478 e. The Balaban J connectivity index is 2.01. The summed E-state index contributed by atoms with van der Waals surface area (Å²) >= 11 is 1.97. The Bertz CT molecular complexity index is 515. The summed E-state index contributed by atoms with van der Waals surface area (Å²) in [6.07, 6.45) is 3.26. The van der Waals surface area contributed by atoms with E-state index in [4.69, 9.17) is 5.11 Å². The molecule has 0 heterocycles. The van der Waals surface area contributed by atoms with Crippen molar-refractivity contribution in [1.82, 2.24) is 4.90 Å². The average molecular weight is 307 g/mol. The maximum Gasteiger partial charge on any atom is 0.335 e. The fourth-order valence-corrected chi connectivity index (χ4v) is 3.91. The van der Waals surface area contributed by atoms with Gasteiger partial charge in [0.2, 0.25) is 0 Å². The molecule has 4 nitrogen and oxygen atoms in total. The number of nitrogens with zero attached hydrogens (tertiary/aromatic N) is 1. The lowest BCUT2D eigenvalue weighted by molar-refractivity contribution is 0.0692. The van der Waals surface area contributed by atoms with Crippen molar-refractivity contribution in [2.45, 2.75) is 37.5 Å². The summed E-state index contributed by atoms with van der Waals surface area (Å²) in [5.74, 6) is 0.114. The second-order valence-electron chi connectivity index (χ2n) is 5.34. The van der Waals surface area contributed by atoms with Crippen LogP contribution in [0.2, 0.25) is 0 Å². The molecule has 2 unspecified atom stereocenters. The van der Waals surface area contributed by atoms with E-state index in [-0.39, 0.29) is 11.5 Å². The third-order valence-electron chi connectivity index (χ3n) is 4.01. The van der Waals surface area contributed by atoms with Crippen LogP contribution in [0, 0.1) is 0 Å². The van der Waals surface area contributed by atoms with Gasteiger partial charge in [-0.3, -0.25) is 4.79 Å². The molecular weight excluding hydrogens is 286 g/mol. The summed E-state index contributed by atoms with van der Waals surface area (Å²) in [6, 6.07) is 6.44. The van der Waals surface area contributed by atoms with E-state index in [1.807, 2.05) is 23.7 Å². The highest BCUT2D eigenvalue weighted by Crippen LogP contribution is 2.32. The van der Waals surface area contributed by atoms with Crippen molar-refractivity contribution in [3.63, 3.8) is 0 Å². The van der Waals surface area contributed by atoms with Gasteiger partial charge in [0, 0.05) is 23.9 Å². The number of rotatable bonds is 5. The van der Waals surface area contributed by atoms with Crippen LogP contribution in [0.25, 0.3) is 0 Å². The molecular formula is C16H21NO3S. The second kappa shape index (κ2) is 6.98. The number of benzene rings is 1. The zero-order valence-electron chi connectivity index (χ0n) is 12.4. The first-order chi connectivity index (χ1) is 10.0. The second-order valence-corrected chi connectivity index (χ2v) is 6.92. The van der Waals surface area contributed by atoms with Gasteiger partial charge in [-0.25, -0.2) is 4.79 Å². The van der Waals surface area contributed by atoms with Crippen molar-refractivity contribution in [3.8, 4) is 0 Å². The molecule has 1 N–H and O–H groups in total. The van der Waals surface area contributed by atoms with Gasteiger partial charge in [0.15, 0.2) is 0 Å². The molecule has 114 valence electrons. The maximum absolute atomic E-state index is 12.4. The summed E-state index contributed by atoms with van der Waals surface area (Å²) in [4.78, 5) is 25.1. The predicted octanol–water partition coefficient (Wildman–Crippen LogP) is 3.13. The number of aromatic carboxylic acids is 1. The van der Waals surface area contributed by atoms with Crippen molar-refractivity contribution in [2.24, 2.45) is 0 Å². The Kier molecular flexibility index (Phi) is 5.28. The SMILES string of the molecule is CCSC1CCC(N(C)C(=O)c2ccc(C(=O)O)cc2)C1. The van der Waals surface area contributed by atoms with Crippen molar-refractivity contribution < 1.29 is 14.7 Å². The van der Waals surface area contributed by atoms with Gasteiger partial charge in [0.25, 0.3) is 5.91 Å². The summed E-state index contributed by atoms with van der Waals surface area (Å²) in [7, 11) is 1.84. The highest BCUT2D eigenvalue weighted by molar-refractivity contribution is 7.99. The highest BCUT2D eigenvalue weighted by Gasteiger charge is 2.30. The molecule has 0 radical (unpaired) electrons. The van der Waals surface area contributed by atoms with E-state index >= 15 is 0 Å². The molecule has 0 aromatic heterocycles. The monoisotopic (exact) mass is 307 g/mol. The van der Waals surface area contributed by atoms with Gasteiger partial charge >= 0.3 is 5.97 Å². The van der Waals surface area contributed by atoms with Crippen LogP contribution in [0.5, 0.6) is 0 Å².